The molecule has 4 nitrogen and oxygen atoms in total. The molecule has 1 aromatic heterocycles. The zero-order valence-corrected chi connectivity index (χ0v) is 12.3. The Kier molecular flexibility index (Phi) is 6.05. The summed E-state index contributed by atoms with van der Waals surface area (Å²) in [5.41, 5.74) is 2.25. The van der Waals surface area contributed by atoms with E-state index in [-0.39, 0.29) is 0 Å². The summed E-state index contributed by atoms with van der Waals surface area (Å²) in [6.07, 6.45) is 4.19. The second-order valence-electron chi connectivity index (χ2n) is 4.83. The summed E-state index contributed by atoms with van der Waals surface area (Å²) in [6, 6.07) is 0.466. The number of nitrogens with one attached hydrogen (secondary N) is 1. The van der Waals surface area contributed by atoms with E-state index in [1.165, 1.54) is 5.56 Å². The van der Waals surface area contributed by atoms with Gasteiger partial charge in [0.2, 0.25) is 5.95 Å². The van der Waals surface area contributed by atoms with Gasteiger partial charge in [0.05, 0.1) is 0 Å². The van der Waals surface area contributed by atoms with E-state index in [0.717, 1.165) is 37.6 Å². The first-order valence-electron chi connectivity index (χ1n) is 6.86. The van der Waals surface area contributed by atoms with Gasteiger partial charge in [-0.3, -0.25) is 0 Å². The number of rotatable bonds is 7. The lowest BCUT2D eigenvalue weighted by Gasteiger charge is -2.24. The number of hydrogen-bond acceptors (Lipinski definition) is 4. The Balaban J connectivity index is 2.72. The van der Waals surface area contributed by atoms with E-state index in [2.05, 4.69) is 54.9 Å². The summed E-state index contributed by atoms with van der Waals surface area (Å²) < 4.78 is 0. The fraction of sp³-hybridized carbons (Fsp3) is 0.714. The monoisotopic (exact) mass is 250 g/mol. The second-order valence-corrected chi connectivity index (χ2v) is 4.83. The summed E-state index contributed by atoms with van der Waals surface area (Å²) in [5, 5.41) is 3.38. The Morgan fingerprint density at radius 3 is 2.67 bits per heavy atom. The van der Waals surface area contributed by atoms with Gasteiger partial charge in [-0.25, -0.2) is 9.97 Å². The highest BCUT2D eigenvalue weighted by Gasteiger charge is 2.11. The zero-order valence-electron chi connectivity index (χ0n) is 12.3. The van der Waals surface area contributed by atoms with Gasteiger partial charge in [-0.2, -0.15) is 0 Å². The Morgan fingerprint density at radius 1 is 1.39 bits per heavy atom. The molecule has 0 aromatic carbocycles. The van der Waals surface area contributed by atoms with Crippen LogP contribution in [0.25, 0.3) is 0 Å². The molecule has 1 heterocycles. The van der Waals surface area contributed by atoms with Crippen LogP contribution in [-0.4, -0.2) is 29.6 Å². The van der Waals surface area contributed by atoms with Crippen molar-refractivity contribution in [2.24, 2.45) is 0 Å². The van der Waals surface area contributed by atoms with Gasteiger partial charge in [-0.1, -0.05) is 13.8 Å². The third-order valence-electron chi connectivity index (χ3n) is 3.38. The summed E-state index contributed by atoms with van der Waals surface area (Å²) in [5.74, 6) is 0.820. The normalized spacial score (nSPS) is 12.5. The van der Waals surface area contributed by atoms with E-state index in [1.54, 1.807) is 0 Å². The van der Waals surface area contributed by atoms with Crippen LogP contribution < -0.4 is 10.2 Å². The Labute approximate surface area is 111 Å². The topological polar surface area (TPSA) is 41.1 Å². The highest BCUT2D eigenvalue weighted by Crippen LogP contribution is 2.13. The van der Waals surface area contributed by atoms with E-state index in [9.17, 15) is 0 Å². The van der Waals surface area contributed by atoms with Crippen molar-refractivity contribution in [2.45, 2.75) is 53.1 Å². The fourth-order valence-electron chi connectivity index (χ4n) is 1.69. The SMILES string of the molecule is CCCNCc1cnc(N(C)C(C)CC)nc1C. The molecule has 0 bridgehead atoms. The number of nitrogens with zero attached hydrogens (tertiary/aromatic N) is 3. The molecule has 0 aliphatic rings. The molecule has 1 atom stereocenters. The van der Waals surface area contributed by atoms with Crippen molar-refractivity contribution in [3.8, 4) is 0 Å². The lowest BCUT2D eigenvalue weighted by molar-refractivity contribution is 0.641. The van der Waals surface area contributed by atoms with Crippen molar-refractivity contribution in [1.82, 2.24) is 15.3 Å². The molecule has 0 aliphatic heterocycles. The van der Waals surface area contributed by atoms with E-state index in [0.29, 0.717) is 6.04 Å². The molecule has 0 fully saturated rings. The minimum atomic E-state index is 0.466. The average molecular weight is 250 g/mol. The quantitative estimate of drug-likeness (QED) is 0.755. The van der Waals surface area contributed by atoms with Crippen molar-refractivity contribution in [3.63, 3.8) is 0 Å². The van der Waals surface area contributed by atoms with Crippen molar-refractivity contribution < 1.29 is 0 Å². The molecule has 1 unspecified atom stereocenters. The van der Waals surface area contributed by atoms with Crippen LogP contribution in [0.4, 0.5) is 5.95 Å². The third-order valence-corrected chi connectivity index (χ3v) is 3.38. The van der Waals surface area contributed by atoms with Crippen molar-refractivity contribution in [2.75, 3.05) is 18.5 Å². The molecule has 0 amide bonds. The zero-order chi connectivity index (χ0) is 13.5. The molecule has 1 rings (SSSR count). The molecular formula is C14H26N4. The van der Waals surface area contributed by atoms with Crippen LogP contribution in [0, 0.1) is 6.92 Å². The molecule has 0 spiro atoms. The van der Waals surface area contributed by atoms with Crippen LogP contribution in [0.2, 0.25) is 0 Å². The lowest BCUT2D eigenvalue weighted by atomic mass is 10.2. The van der Waals surface area contributed by atoms with Crippen LogP contribution in [-0.2, 0) is 6.54 Å². The first kappa shape index (κ1) is 14.9. The molecule has 0 radical (unpaired) electrons. The van der Waals surface area contributed by atoms with E-state index >= 15 is 0 Å². The maximum atomic E-state index is 4.60. The number of aromatic nitrogens is 2. The first-order valence-corrected chi connectivity index (χ1v) is 6.86. The largest absolute Gasteiger partial charge is 0.341 e. The van der Waals surface area contributed by atoms with Crippen LogP contribution in [0.15, 0.2) is 6.20 Å². The van der Waals surface area contributed by atoms with E-state index in [4.69, 9.17) is 0 Å². The molecule has 4 heteroatoms. The molecule has 18 heavy (non-hydrogen) atoms. The smallest absolute Gasteiger partial charge is 0.225 e. The predicted octanol–water partition coefficient (Wildman–Crippen LogP) is 2.52. The lowest BCUT2D eigenvalue weighted by Crippen LogP contribution is -2.30. The van der Waals surface area contributed by atoms with Crippen LogP contribution in [0.5, 0.6) is 0 Å². The predicted molar refractivity (Wildman–Crippen MR) is 76.9 cm³/mol. The minimum Gasteiger partial charge on any atom is -0.341 e. The number of hydrogen-bond donors (Lipinski definition) is 1. The Bertz CT molecular complexity index is 365. The maximum absolute atomic E-state index is 4.60. The highest BCUT2D eigenvalue weighted by atomic mass is 15.2. The van der Waals surface area contributed by atoms with Crippen LogP contribution in [0.1, 0.15) is 44.9 Å². The molecule has 1 N–H and O–H groups in total. The van der Waals surface area contributed by atoms with E-state index < -0.39 is 0 Å². The molecular weight excluding hydrogens is 224 g/mol. The van der Waals surface area contributed by atoms with Crippen molar-refractivity contribution in [1.29, 1.82) is 0 Å². The fourth-order valence-corrected chi connectivity index (χ4v) is 1.69. The van der Waals surface area contributed by atoms with Gasteiger partial charge in [0.1, 0.15) is 0 Å². The highest BCUT2D eigenvalue weighted by molar-refractivity contribution is 5.32. The van der Waals surface area contributed by atoms with Crippen molar-refractivity contribution >= 4 is 5.95 Å². The van der Waals surface area contributed by atoms with Gasteiger partial charge in [0.25, 0.3) is 0 Å². The summed E-state index contributed by atoms with van der Waals surface area (Å²) in [6.45, 7) is 10.5. The summed E-state index contributed by atoms with van der Waals surface area (Å²) in [7, 11) is 2.05. The van der Waals surface area contributed by atoms with Crippen LogP contribution in [0.3, 0.4) is 0 Å². The summed E-state index contributed by atoms with van der Waals surface area (Å²) >= 11 is 0. The molecule has 0 saturated carbocycles. The molecule has 0 saturated heterocycles. The molecule has 1 aromatic rings. The van der Waals surface area contributed by atoms with Gasteiger partial charge in [-0.05, 0) is 33.2 Å². The average Bonchev–Trinajstić information content (AvgIpc) is 2.39. The molecule has 0 aliphatic carbocycles. The Morgan fingerprint density at radius 2 is 2.11 bits per heavy atom. The third kappa shape index (κ3) is 3.95. The van der Waals surface area contributed by atoms with Crippen molar-refractivity contribution in [3.05, 3.63) is 17.5 Å². The maximum Gasteiger partial charge on any atom is 0.225 e. The molecule has 102 valence electrons. The van der Waals surface area contributed by atoms with Crippen LogP contribution >= 0.6 is 0 Å². The second kappa shape index (κ2) is 7.31. The first-order chi connectivity index (χ1) is 8.60. The number of anilines is 1. The Hall–Kier alpha value is -1.16. The van der Waals surface area contributed by atoms with Gasteiger partial charge in [-0.15, -0.1) is 0 Å². The van der Waals surface area contributed by atoms with Gasteiger partial charge in [0, 0.05) is 37.1 Å². The van der Waals surface area contributed by atoms with Gasteiger partial charge >= 0.3 is 0 Å². The van der Waals surface area contributed by atoms with Gasteiger partial charge in [0.15, 0.2) is 0 Å². The number of aryl methyl sites for hydroxylation is 1. The van der Waals surface area contributed by atoms with E-state index in [1.807, 2.05) is 6.20 Å². The standard InChI is InChI=1S/C14H26N4/c1-6-8-15-9-13-10-16-14(17-12(13)4)18(5)11(3)7-2/h10-11,15H,6-9H2,1-5H3. The summed E-state index contributed by atoms with van der Waals surface area (Å²) in [4.78, 5) is 11.2. The van der Waals surface area contributed by atoms with Gasteiger partial charge < -0.3 is 10.2 Å². The minimum absolute atomic E-state index is 0.466.